The molecular weight excluding hydrogens is 1510 g/mol. The zero-order valence-electron chi connectivity index (χ0n) is 73.3. The first-order valence-corrected chi connectivity index (χ1v) is 48.7. The minimum absolute atomic E-state index is 0.0766. The fourth-order valence-electron chi connectivity index (χ4n) is 11.9. The molecule has 0 aromatic rings. The number of phosphoric ester groups is 2. The number of aliphatic hydroxyl groups excluding tert-OH is 2. The van der Waals surface area contributed by atoms with E-state index in [0.29, 0.717) is 19.3 Å². The minimum Gasteiger partial charge on any atom is -0.463 e. The van der Waals surface area contributed by atoms with E-state index < -0.39 is 91.5 Å². The molecule has 0 heterocycles. The fraction of sp³-hybridized carbons (Fsp3) is 0.646. The van der Waals surface area contributed by atoms with Gasteiger partial charge < -0.3 is 34.2 Å². The van der Waals surface area contributed by atoms with Crippen LogP contribution in [0.4, 0.5) is 0 Å². The number of rotatable bonds is 85. The first-order chi connectivity index (χ1) is 57.2. The van der Waals surface area contributed by atoms with Crippen molar-refractivity contribution < 1.29 is 75.8 Å². The summed E-state index contributed by atoms with van der Waals surface area (Å²) in [7, 11) is -9.83. The summed E-state index contributed by atoms with van der Waals surface area (Å²) < 4.78 is 61.5. The summed E-state index contributed by atoms with van der Waals surface area (Å²) in [4.78, 5) is 59.0. The molecule has 0 aromatic carbocycles. The summed E-state index contributed by atoms with van der Waals surface area (Å²) in [6.45, 7) is 2.42. The van der Waals surface area contributed by atoms with E-state index in [9.17, 15) is 43.5 Å². The van der Waals surface area contributed by atoms with Crippen molar-refractivity contribution in [2.45, 2.75) is 373 Å². The normalized spacial score (nSPS) is 14.7. The molecule has 0 aliphatic heterocycles. The van der Waals surface area contributed by atoms with Crippen LogP contribution in [0.2, 0.25) is 0 Å². The predicted molar refractivity (Wildman–Crippen MR) is 491 cm³/mol. The maximum Gasteiger partial charge on any atom is 0.472 e. The lowest BCUT2D eigenvalue weighted by Gasteiger charge is -2.21. The number of esters is 3. The number of hydrogen-bond acceptors (Lipinski definition) is 14. The Morgan fingerprint density at radius 3 is 0.718 bits per heavy atom. The van der Waals surface area contributed by atoms with E-state index >= 15 is 0 Å². The lowest BCUT2D eigenvalue weighted by atomic mass is 10.0. The Morgan fingerprint density at radius 1 is 0.248 bits per heavy atom. The average molecular weight is 1670 g/mol. The van der Waals surface area contributed by atoms with Crippen LogP contribution in [0.3, 0.4) is 0 Å². The summed E-state index contributed by atoms with van der Waals surface area (Å²) in [6.07, 6.45) is 119. The number of carbonyl (C=O) groups is 3. The smallest absolute Gasteiger partial charge is 0.463 e. The maximum atomic E-state index is 13.1. The zero-order valence-corrected chi connectivity index (χ0v) is 75.1. The van der Waals surface area contributed by atoms with Gasteiger partial charge in [-0.3, -0.25) is 32.5 Å². The van der Waals surface area contributed by atoms with Crippen LogP contribution in [0.25, 0.3) is 0 Å². The van der Waals surface area contributed by atoms with E-state index in [2.05, 4.69) is 215 Å². The van der Waals surface area contributed by atoms with Gasteiger partial charge in [-0.05, 0) is 167 Å². The van der Waals surface area contributed by atoms with Gasteiger partial charge in [0.1, 0.15) is 25.4 Å². The fourth-order valence-corrected chi connectivity index (χ4v) is 13.5. The van der Waals surface area contributed by atoms with Crippen LogP contribution in [0.5, 0.6) is 0 Å². The quantitative estimate of drug-likeness (QED) is 0.0146. The van der Waals surface area contributed by atoms with Crippen molar-refractivity contribution in [1.29, 1.82) is 0 Å². The Labute approximate surface area is 712 Å². The summed E-state index contributed by atoms with van der Waals surface area (Å²) >= 11 is 0. The van der Waals surface area contributed by atoms with Crippen molar-refractivity contribution in [1.82, 2.24) is 0 Å². The Bertz CT molecular complexity index is 2910. The van der Waals surface area contributed by atoms with Crippen LogP contribution in [0, 0.1) is 0 Å². The van der Waals surface area contributed by atoms with Gasteiger partial charge in [0.15, 0.2) is 6.10 Å². The molecule has 18 heteroatoms. The van der Waals surface area contributed by atoms with E-state index in [0.717, 1.165) is 193 Å². The molecular formula is C99H164O16P2. The summed E-state index contributed by atoms with van der Waals surface area (Å²) in [5.41, 5.74) is 0. The van der Waals surface area contributed by atoms with E-state index in [1.165, 1.54) is 103 Å². The molecule has 0 rings (SSSR count). The van der Waals surface area contributed by atoms with Crippen molar-refractivity contribution in [3.05, 3.63) is 194 Å². The minimum atomic E-state index is -4.95. The molecule has 5 atom stereocenters. The van der Waals surface area contributed by atoms with Crippen molar-refractivity contribution in [3.63, 3.8) is 0 Å². The lowest BCUT2D eigenvalue weighted by Crippen LogP contribution is -2.30. The number of carbonyl (C=O) groups excluding carboxylic acids is 3. The van der Waals surface area contributed by atoms with Crippen LogP contribution in [0.1, 0.15) is 355 Å². The molecule has 0 aromatic heterocycles. The second kappa shape index (κ2) is 89.6. The third-order valence-corrected chi connectivity index (χ3v) is 20.7. The van der Waals surface area contributed by atoms with Crippen LogP contribution < -0.4 is 0 Å². The lowest BCUT2D eigenvalue weighted by molar-refractivity contribution is -0.161. The van der Waals surface area contributed by atoms with Crippen molar-refractivity contribution in [2.75, 3.05) is 39.6 Å². The van der Waals surface area contributed by atoms with Crippen LogP contribution in [-0.4, -0.2) is 95.9 Å². The van der Waals surface area contributed by atoms with E-state index in [-0.39, 0.29) is 19.3 Å². The third kappa shape index (κ3) is 91.0. The average Bonchev–Trinajstić information content (AvgIpc) is 0.899. The Kier molecular flexibility index (Phi) is 85.3. The Balaban J connectivity index is 4.64. The van der Waals surface area contributed by atoms with Gasteiger partial charge in [-0.15, -0.1) is 0 Å². The predicted octanol–water partition coefficient (Wildman–Crippen LogP) is 28.2. The molecule has 0 saturated carbocycles. The SMILES string of the molecule is CC/C=C\C/C=C\C/C=C\C/C=C\C/C=C\C/C=C\CCCCCCCCCCCCCCC(=O)OCC(O)COP(=O)(O)OCC(O)COP(=O)(O)OCC(COC(=O)CCCCCCCCCCCC/C=C\C/C=C\C/C=C\C/C=C\C/C=C\C/C=C\CC)OC(=O)CCCCCCC/C=C\C/C=C\C/C=C\C/C=C\CCCCC. The van der Waals surface area contributed by atoms with Gasteiger partial charge in [0.2, 0.25) is 0 Å². The van der Waals surface area contributed by atoms with Gasteiger partial charge in [-0.1, -0.05) is 363 Å². The van der Waals surface area contributed by atoms with Crippen LogP contribution in [-0.2, 0) is 55.8 Å². The van der Waals surface area contributed by atoms with Gasteiger partial charge >= 0.3 is 33.6 Å². The topological polar surface area (TPSA) is 231 Å². The van der Waals surface area contributed by atoms with E-state index in [4.69, 9.17) is 32.3 Å². The molecule has 666 valence electrons. The zero-order chi connectivity index (χ0) is 85.1. The monoisotopic (exact) mass is 1670 g/mol. The Morgan fingerprint density at radius 2 is 0.453 bits per heavy atom. The number of unbranched alkanes of at least 4 members (excludes halogenated alkanes) is 30. The number of ether oxygens (including phenoxy) is 3. The number of allylic oxidation sites excluding steroid dienone is 32. The standard InChI is InChI=1S/C99H164O16P2/c1-4-7-10-13-16-19-22-25-28-31-34-37-39-41-43-45-46-48-50-51-53-56-58-61-64-67-70-73-76-79-82-85-97(102)109-88-94(100)89-111-116(105,106)112-90-95(101)91-113-117(107,108)114-93-96(115-99(104)87-84-81-78-75-72-69-66-63-60-55-36-33-30-27-24-21-18-15-12-9-6-3)92-110-98(103)86-83-80-77-74-71-68-65-62-59-57-54-52-49-47-44-42-40-38-35-32-29-26-23-20-17-14-11-8-5-2/h7-8,10-11,16-21,25-30,34-38,41-44,46,48-49,52,55,63,66,94-96,100-101H,4-6,9,12-15,22-24,31-33,39-40,45,47,50-51,53-54,56-62,64-65,67-93H2,1-3H3,(H,105,106)(H,107,108)/b10-7-,11-8-,19-16-,20-17-,21-18-,28-25-,29-26-,30-27-,37-34-,38-35-,43-41-,44-42-,48-46-,52-49-,55-36-,66-63-. The maximum absolute atomic E-state index is 13.1. The van der Waals surface area contributed by atoms with Gasteiger partial charge in [-0.2, -0.15) is 0 Å². The summed E-state index contributed by atoms with van der Waals surface area (Å²) in [6, 6.07) is 0. The summed E-state index contributed by atoms with van der Waals surface area (Å²) in [5, 5.41) is 20.7. The van der Waals surface area contributed by atoms with Gasteiger partial charge in [0, 0.05) is 19.3 Å². The highest BCUT2D eigenvalue weighted by Gasteiger charge is 2.29. The molecule has 5 unspecified atom stereocenters. The molecule has 0 radical (unpaired) electrons. The molecule has 4 N–H and O–H groups in total. The van der Waals surface area contributed by atoms with Gasteiger partial charge in [0.05, 0.1) is 26.4 Å². The number of aliphatic hydroxyl groups is 2. The van der Waals surface area contributed by atoms with E-state index in [1.807, 2.05) is 0 Å². The second-order valence-electron chi connectivity index (χ2n) is 30.0. The highest BCUT2D eigenvalue weighted by molar-refractivity contribution is 7.47. The highest BCUT2D eigenvalue weighted by atomic mass is 31.2. The third-order valence-electron chi connectivity index (χ3n) is 18.8. The van der Waals surface area contributed by atoms with Gasteiger partial charge in [-0.25, -0.2) is 9.13 Å². The van der Waals surface area contributed by atoms with Crippen LogP contribution >= 0.6 is 15.6 Å². The summed E-state index contributed by atoms with van der Waals surface area (Å²) in [5.74, 6) is -1.60. The highest BCUT2D eigenvalue weighted by Crippen LogP contribution is 2.45. The van der Waals surface area contributed by atoms with Crippen LogP contribution in [0.15, 0.2) is 194 Å². The molecule has 0 bridgehead atoms. The van der Waals surface area contributed by atoms with E-state index in [1.54, 1.807) is 0 Å². The molecule has 16 nitrogen and oxygen atoms in total. The molecule has 0 amide bonds. The molecule has 0 aliphatic rings. The first-order valence-electron chi connectivity index (χ1n) is 45.7. The largest absolute Gasteiger partial charge is 0.472 e. The molecule has 0 spiro atoms. The molecule has 0 saturated heterocycles. The first kappa shape index (κ1) is 111. The molecule has 0 fully saturated rings. The number of hydrogen-bond donors (Lipinski definition) is 4. The van der Waals surface area contributed by atoms with Crippen molar-refractivity contribution in [3.8, 4) is 0 Å². The van der Waals surface area contributed by atoms with Crippen molar-refractivity contribution >= 4 is 33.6 Å². The Hall–Kier alpha value is -5.61. The van der Waals surface area contributed by atoms with Gasteiger partial charge in [0.25, 0.3) is 0 Å². The number of phosphoric acid groups is 2. The molecule has 0 aliphatic carbocycles. The molecule has 117 heavy (non-hydrogen) atoms. The van der Waals surface area contributed by atoms with Crippen molar-refractivity contribution in [2.24, 2.45) is 0 Å². The second-order valence-corrected chi connectivity index (χ2v) is 32.9.